The molecule has 0 aliphatic rings. The van der Waals surface area contributed by atoms with E-state index in [0.717, 1.165) is 17.1 Å². The van der Waals surface area contributed by atoms with Crippen molar-refractivity contribution in [2.75, 3.05) is 17.7 Å². The van der Waals surface area contributed by atoms with Crippen molar-refractivity contribution in [3.63, 3.8) is 0 Å². The Morgan fingerprint density at radius 3 is 2.38 bits per heavy atom. The smallest absolute Gasteiger partial charge is 0.295 e. The summed E-state index contributed by atoms with van der Waals surface area (Å²) in [5.74, 6) is 0.670. The molecular weight excluding hydrogens is 348 g/mol. The minimum atomic E-state index is -0.166. The monoisotopic (exact) mass is 368 g/mol. The number of anilines is 2. The van der Waals surface area contributed by atoms with E-state index in [0.29, 0.717) is 16.5 Å². The van der Waals surface area contributed by atoms with Gasteiger partial charge in [0.15, 0.2) is 5.11 Å². The Morgan fingerprint density at radius 2 is 1.69 bits per heavy atom. The van der Waals surface area contributed by atoms with Crippen LogP contribution in [0.15, 0.2) is 59.4 Å². The molecule has 2 N–H and O–H groups in total. The first-order valence-corrected chi connectivity index (χ1v) is 8.48. The molecule has 134 valence electrons. The van der Waals surface area contributed by atoms with Crippen LogP contribution in [0.5, 0.6) is 5.75 Å². The molecule has 0 saturated carbocycles. The van der Waals surface area contributed by atoms with Crippen molar-refractivity contribution in [1.29, 1.82) is 0 Å². The van der Waals surface area contributed by atoms with E-state index >= 15 is 0 Å². The van der Waals surface area contributed by atoms with Crippen LogP contribution >= 0.6 is 12.2 Å². The number of nitrogens with one attached hydrogen (secondary N) is 2. The van der Waals surface area contributed by atoms with Gasteiger partial charge in [0.1, 0.15) is 11.4 Å². The number of benzene rings is 2. The predicted octanol–water partition coefficient (Wildman–Crippen LogP) is 3.30. The van der Waals surface area contributed by atoms with Crippen LogP contribution in [0.3, 0.4) is 0 Å². The van der Waals surface area contributed by atoms with E-state index in [1.54, 1.807) is 16.5 Å². The fraction of sp³-hybridized carbons (Fsp3) is 0.158. The number of methoxy groups -OCH3 is 1. The Morgan fingerprint density at radius 1 is 1.04 bits per heavy atom. The van der Waals surface area contributed by atoms with Gasteiger partial charge in [-0.25, -0.2) is 4.68 Å². The summed E-state index contributed by atoms with van der Waals surface area (Å²) in [6, 6.07) is 16.9. The Kier molecular flexibility index (Phi) is 5.09. The molecule has 2 aromatic carbocycles. The first-order valence-electron chi connectivity index (χ1n) is 8.08. The molecular formula is C19H20N4O2S. The second-order valence-electron chi connectivity index (χ2n) is 5.72. The third-order valence-electron chi connectivity index (χ3n) is 4.15. The molecule has 1 heterocycles. The van der Waals surface area contributed by atoms with Gasteiger partial charge in [-0.2, -0.15) is 0 Å². The van der Waals surface area contributed by atoms with Crippen LogP contribution in [-0.4, -0.2) is 21.6 Å². The lowest BCUT2D eigenvalue weighted by Gasteiger charge is -2.12. The van der Waals surface area contributed by atoms with Gasteiger partial charge in [0, 0.05) is 7.05 Å². The summed E-state index contributed by atoms with van der Waals surface area (Å²) in [6.07, 6.45) is 0. The molecule has 0 unspecified atom stereocenters. The maximum absolute atomic E-state index is 12.9. The molecule has 3 aromatic rings. The topological polar surface area (TPSA) is 60.2 Å². The summed E-state index contributed by atoms with van der Waals surface area (Å²) in [6.45, 7) is 1.87. The quantitative estimate of drug-likeness (QED) is 0.692. The number of hydrogen-bond donors (Lipinski definition) is 2. The van der Waals surface area contributed by atoms with E-state index in [1.807, 2.05) is 68.6 Å². The summed E-state index contributed by atoms with van der Waals surface area (Å²) < 4.78 is 8.70. The maximum atomic E-state index is 12.9. The van der Waals surface area contributed by atoms with Crippen LogP contribution in [0.4, 0.5) is 11.4 Å². The van der Waals surface area contributed by atoms with Crippen molar-refractivity contribution in [2.24, 2.45) is 7.05 Å². The Labute approximate surface area is 157 Å². The fourth-order valence-electron chi connectivity index (χ4n) is 2.73. The Bertz CT molecular complexity index is 993. The van der Waals surface area contributed by atoms with Crippen molar-refractivity contribution < 1.29 is 4.74 Å². The van der Waals surface area contributed by atoms with Gasteiger partial charge in [-0.15, -0.1) is 0 Å². The zero-order chi connectivity index (χ0) is 18.7. The molecule has 0 fully saturated rings. The van der Waals surface area contributed by atoms with Crippen molar-refractivity contribution in [3.05, 3.63) is 70.6 Å². The largest absolute Gasteiger partial charge is 0.495 e. The third-order valence-corrected chi connectivity index (χ3v) is 4.35. The molecule has 0 atom stereocenters. The summed E-state index contributed by atoms with van der Waals surface area (Å²) in [7, 11) is 3.43. The van der Waals surface area contributed by atoms with E-state index < -0.39 is 0 Å². The normalized spacial score (nSPS) is 10.4. The number of thiocarbonyl (C=S) groups is 1. The lowest BCUT2D eigenvalue weighted by atomic mass is 10.3. The molecule has 0 bridgehead atoms. The summed E-state index contributed by atoms with van der Waals surface area (Å²) >= 11 is 5.38. The van der Waals surface area contributed by atoms with Gasteiger partial charge in [-0.1, -0.05) is 30.3 Å². The molecule has 0 saturated heterocycles. The minimum Gasteiger partial charge on any atom is -0.495 e. The first kappa shape index (κ1) is 17.8. The fourth-order valence-corrected chi connectivity index (χ4v) is 2.94. The van der Waals surface area contributed by atoms with Crippen molar-refractivity contribution >= 4 is 28.7 Å². The van der Waals surface area contributed by atoms with Crippen molar-refractivity contribution in [3.8, 4) is 11.4 Å². The van der Waals surface area contributed by atoms with Gasteiger partial charge in [-0.3, -0.25) is 9.48 Å². The predicted molar refractivity (Wildman–Crippen MR) is 109 cm³/mol. The third kappa shape index (κ3) is 3.34. The van der Waals surface area contributed by atoms with Gasteiger partial charge in [0.2, 0.25) is 0 Å². The molecule has 1 aromatic heterocycles. The lowest BCUT2D eigenvalue weighted by molar-refractivity contribution is 0.417. The van der Waals surface area contributed by atoms with Gasteiger partial charge < -0.3 is 15.4 Å². The Hall–Kier alpha value is -3.06. The Balaban J connectivity index is 1.89. The average molecular weight is 368 g/mol. The average Bonchev–Trinajstić information content (AvgIpc) is 2.86. The molecule has 0 aliphatic heterocycles. The number of ether oxygens (including phenoxy) is 1. The maximum Gasteiger partial charge on any atom is 0.295 e. The van der Waals surface area contributed by atoms with Crippen molar-refractivity contribution in [1.82, 2.24) is 9.36 Å². The zero-order valence-electron chi connectivity index (χ0n) is 14.8. The molecule has 3 rings (SSSR count). The SMILES string of the molecule is COc1ccccc1NC(=S)Nc1c(C)n(C)n(-c2ccccc2)c1=O. The highest BCUT2D eigenvalue weighted by molar-refractivity contribution is 7.80. The van der Waals surface area contributed by atoms with Crippen LogP contribution in [0, 0.1) is 6.92 Å². The highest BCUT2D eigenvalue weighted by atomic mass is 32.1. The van der Waals surface area contributed by atoms with Gasteiger partial charge in [0.05, 0.1) is 24.2 Å². The zero-order valence-corrected chi connectivity index (χ0v) is 15.6. The molecule has 0 spiro atoms. The molecule has 0 radical (unpaired) electrons. The standard InChI is InChI=1S/C19H20N4O2S/c1-13-17(18(24)23(22(13)2)14-9-5-4-6-10-14)21-19(26)20-15-11-7-8-12-16(15)25-3/h4-12H,1-3H3,(H2,20,21,26). The van der Waals surface area contributed by atoms with E-state index in [1.165, 1.54) is 0 Å². The highest BCUT2D eigenvalue weighted by Crippen LogP contribution is 2.23. The first-order chi connectivity index (χ1) is 12.5. The number of nitrogens with zero attached hydrogens (tertiary/aromatic N) is 2. The van der Waals surface area contributed by atoms with Crippen molar-refractivity contribution in [2.45, 2.75) is 6.92 Å². The van der Waals surface area contributed by atoms with E-state index in [-0.39, 0.29) is 5.56 Å². The van der Waals surface area contributed by atoms with Crippen LogP contribution in [0.25, 0.3) is 5.69 Å². The van der Waals surface area contributed by atoms with Crippen LogP contribution in [0.2, 0.25) is 0 Å². The summed E-state index contributed by atoms with van der Waals surface area (Å²) in [5, 5.41) is 6.41. The summed E-state index contributed by atoms with van der Waals surface area (Å²) in [4.78, 5) is 12.9. The van der Waals surface area contributed by atoms with Gasteiger partial charge >= 0.3 is 0 Å². The van der Waals surface area contributed by atoms with Gasteiger partial charge in [0.25, 0.3) is 5.56 Å². The van der Waals surface area contributed by atoms with Gasteiger partial charge in [-0.05, 0) is 43.4 Å². The second-order valence-corrected chi connectivity index (χ2v) is 6.12. The minimum absolute atomic E-state index is 0.166. The number of para-hydroxylation sites is 3. The lowest BCUT2D eigenvalue weighted by Crippen LogP contribution is -2.25. The molecule has 7 heteroatoms. The van der Waals surface area contributed by atoms with E-state index in [2.05, 4.69) is 10.6 Å². The van der Waals surface area contributed by atoms with E-state index in [9.17, 15) is 4.79 Å². The number of hydrogen-bond acceptors (Lipinski definition) is 3. The molecule has 26 heavy (non-hydrogen) atoms. The molecule has 0 aliphatic carbocycles. The van der Waals surface area contributed by atoms with Crippen LogP contribution in [-0.2, 0) is 7.05 Å². The number of aromatic nitrogens is 2. The molecule has 0 amide bonds. The highest BCUT2D eigenvalue weighted by Gasteiger charge is 2.17. The van der Waals surface area contributed by atoms with E-state index in [4.69, 9.17) is 17.0 Å². The van der Waals surface area contributed by atoms with Crippen LogP contribution < -0.4 is 20.9 Å². The second kappa shape index (κ2) is 7.45. The van der Waals surface area contributed by atoms with Crippen LogP contribution in [0.1, 0.15) is 5.69 Å². The number of rotatable bonds is 4. The summed E-state index contributed by atoms with van der Waals surface area (Å²) in [5.41, 5.74) is 2.57. The molecule has 6 nitrogen and oxygen atoms in total.